The highest BCUT2D eigenvalue weighted by Crippen LogP contribution is 2.50. The summed E-state index contributed by atoms with van der Waals surface area (Å²) in [6.45, 7) is 2.29. The standard InChI is InChI=1S/C16H13NS/c1-10-15-11-6-2-4-8-13(11)17-16(15)12-7-3-5-9-14(12)18-10/h2-10,17H,1H3/t10-/m1/s1. The van der Waals surface area contributed by atoms with E-state index in [4.69, 9.17) is 0 Å². The first-order valence-electron chi connectivity index (χ1n) is 6.21. The van der Waals surface area contributed by atoms with Crippen LogP contribution >= 0.6 is 11.8 Å². The van der Waals surface area contributed by atoms with Gasteiger partial charge in [-0.3, -0.25) is 0 Å². The van der Waals surface area contributed by atoms with Crippen LogP contribution in [0.15, 0.2) is 53.4 Å². The van der Waals surface area contributed by atoms with Crippen LogP contribution in [-0.2, 0) is 0 Å². The van der Waals surface area contributed by atoms with Gasteiger partial charge < -0.3 is 4.98 Å². The summed E-state index contributed by atoms with van der Waals surface area (Å²) in [5, 5.41) is 1.87. The minimum atomic E-state index is 0.506. The maximum atomic E-state index is 3.59. The fourth-order valence-corrected chi connectivity index (χ4v) is 4.02. The molecule has 2 aromatic carbocycles. The van der Waals surface area contributed by atoms with Crippen LogP contribution in [0.4, 0.5) is 0 Å². The molecule has 1 aliphatic heterocycles. The molecule has 88 valence electrons. The molecule has 0 saturated heterocycles. The number of nitrogens with one attached hydrogen (secondary N) is 1. The van der Waals surface area contributed by atoms with E-state index < -0.39 is 0 Å². The molecule has 0 amide bonds. The second-order valence-corrected chi connectivity index (χ2v) is 6.10. The Morgan fingerprint density at radius 2 is 1.78 bits per heavy atom. The van der Waals surface area contributed by atoms with Gasteiger partial charge >= 0.3 is 0 Å². The molecular formula is C16H13NS. The zero-order valence-corrected chi connectivity index (χ0v) is 10.9. The summed E-state index contributed by atoms with van der Waals surface area (Å²) in [4.78, 5) is 4.97. The molecule has 0 bridgehead atoms. The lowest BCUT2D eigenvalue weighted by Crippen LogP contribution is -1.98. The molecule has 1 N–H and O–H groups in total. The average molecular weight is 251 g/mol. The van der Waals surface area contributed by atoms with Crippen molar-refractivity contribution in [2.75, 3.05) is 0 Å². The van der Waals surface area contributed by atoms with Crippen LogP contribution in [-0.4, -0.2) is 4.98 Å². The van der Waals surface area contributed by atoms with Crippen molar-refractivity contribution in [2.24, 2.45) is 0 Å². The molecule has 0 aliphatic carbocycles. The highest BCUT2D eigenvalue weighted by molar-refractivity contribution is 7.99. The number of para-hydroxylation sites is 1. The molecule has 2 heterocycles. The van der Waals surface area contributed by atoms with E-state index in [0.29, 0.717) is 5.25 Å². The highest BCUT2D eigenvalue weighted by Gasteiger charge is 2.25. The van der Waals surface area contributed by atoms with E-state index >= 15 is 0 Å². The molecule has 0 unspecified atom stereocenters. The van der Waals surface area contributed by atoms with Crippen LogP contribution in [0.2, 0.25) is 0 Å². The van der Waals surface area contributed by atoms with Gasteiger partial charge in [0.25, 0.3) is 0 Å². The van der Waals surface area contributed by atoms with Crippen LogP contribution in [0.5, 0.6) is 0 Å². The maximum Gasteiger partial charge on any atom is 0.0520 e. The Morgan fingerprint density at radius 3 is 2.72 bits per heavy atom. The average Bonchev–Trinajstić information content (AvgIpc) is 2.79. The first kappa shape index (κ1) is 10.3. The zero-order chi connectivity index (χ0) is 12.1. The molecule has 1 atom stereocenters. The van der Waals surface area contributed by atoms with Crippen molar-refractivity contribution in [3.05, 3.63) is 54.1 Å². The van der Waals surface area contributed by atoms with Gasteiger partial charge in [0.05, 0.1) is 5.69 Å². The van der Waals surface area contributed by atoms with Gasteiger partial charge in [-0.15, -0.1) is 11.8 Å². The Labute approximate surface area is 110 Å². The molecule has 0 radical (unpaired) electrons. The Hall–Kier alpha value is -1.67. The third-order valence-corrected chi connectivity index (χ3v) is 4.81. The van der Waals surface area contributed by atoms with Gasteiger partial charge in [0.15, 0.2) is 0 Å². The van der Waals surface area contributed by atoms with Crippen LogP contribution in [0.3, 0.4) is 0 Å². The third kappa shape index (κ3) is 1.30. The predicted molar refractivity (Wildman–Crippen MR) is 78.0 cm³/mol. The van der Waals surface area contributed by atoms with Gasteiger partial charge in [-0.1, -0.05) is 36.4 Å². The number of H-pyrrole nitrogens is 1. The van der Waals surface area contributed by atoms with E-state index in [1.807, 2.05) is 11.8 Å². The van der Waals surface area contributed by atoms with Crippen molar-refractivity contribution in [1.29, 1.82) is 0 Å². The number of benzene rings is 2. The van der Waals surface area contributed by atoms with Crippen LogP contribution in [0.1, 0.15) is 17.7 Å². The minimum Gasteiger partial charge on any atom is -0.354 e. The molecule has 18 heavy (non-hydrogen) atoms. The van der Waals surface area contributed by atoms with E-state index in [9.17, 15) is 0 Å². The van der Waals surface area contributed by atoms with Gasteiger partial charge in [0.1, 0.15) is 0 Å². The largest absolute Gasteiger partial charge is 0.354 e. The number of hydrogen-bond donors (Lipinski definition) is 1. The van der Waals surface area contributed by atoms with E-state index in [1.165, 1.54) is 32.6 Å². The van der Waals surface area contributed by atoms with E-state index in [-0.39, 0.29) is 0 Å². The first-order valence-corrected chi connectivity index (χ1v) is 7.09. The molecule has 1 aromatic heterocycles. The van der Waals surface area contributed by atoms with Crippen molar-refractivity contribution >= 4 is 22.7 Å². The number of fused-ring (bicyclic) bond motifs is 5. The van der Waals surface area contributed by atoms with E-state index in [1.54, 1.807) is 0 Å². The SMILES string of the molecule is C[C@H]1Sc2ccccc2-c2[nH]c3ccccc3c21. The topological polar surface area (TPSA) is 15.8 Å². The Balaban J connectivity index is 2.12. The number of aromatic nitrogens is 1. The second-order valence-electron chi connectivity index (χ2n) is 4.72. The normalized spacial score (nSPS) is 17.5. The summed E-state index contributed by atoms with van der Waals surface area (Å²) >= 11 is 1.95. The quantitative estimate of drug-likeness (QED) is 0.594. The zero-order valence-electron chi connectivity index (χ0n) is 10.1. The van der Waals surface area contributed by atoms with Crippen molar-refractivity contribution in [1.82, 2.24) is 4.98 Å². The van der Waals surface area contributed by atoms with E-state index in [0.717, 1.165) is 0 Å². The summed E-state index contributed by atoms with van der Waals surface area (Å²) < 4.78 is 0. The fourth-order valence-electron chi connectivity index (χ4n) is 2.82. The fraction of sp³-hybridized carbons (Fsp3) is 0.125. The molecule has 4 rings (SSSR count). The predicted octanol–water partition coefficient (Wildman–Crippen LogP) is 5.00. The molecule has 0 saturated carbocycles. The summed E-state index contributed by atoms with van der Waals surface area (Å²) in [6.07, 6.45) is 0. The number of hydrogen-bond acceptors (Lipinski definition) is 1. The molecule has 2 heteroatoms. The van der Waals surface area contributed by atoms with Crippen LogP contribution in [0.25, 0.3) is 22.2 Å². The monoisotopic (exact) mass is 251 g/mol. The minimum absolute atomic E-state index is 0.506. The third-order valence-electron chi connectivity index (χ3n) is 3.61. The summed E-state index contributed by atoms with van der Waals surface area (Å²) in [7, 11) is 0. The van der Waals surface area contributed by atoms with Crippen molar-refractivity contribution < 1.29 is 0 Å². The highest BCUT2D eigenvalue weighted by atomic mass is 32.2. The van der Waals surface area contributed by atoms with Gasteiger partial charge in [-0.05, 0) is 24.6 Å². The van der Waals surface area contributed by atoms with Crippen LogP contribution < -0.4 is 0 Å². The number of rotatable bonds is 0. The Bertz CT molecular complexity index is 742. The van der Waals surface area contributed by atoms with Gasteiger partial charge in [0, 0.05) is 26.6 Å². The summed E-state index contributed by atoms with van der Waals surface area (Å²) in [5.74, 6) is 0. The first-order chi connectivity index (χ1) is 8.84. The molecule has 3 aromatic rings. The van der Waals surface area contributed by atoms with Gasteiger partial charge in [-0.2, -0.15) is 0 Å². The van der Waals surface area contributed by atoms with Crippen molar-refractivity contribution in [3.63, 3.8) is 0 Å². The van der Waals surface area contributed by atoms with Gasteiger partial charge in [-0.25, -0.2) is 0 Å². The number of thioether (sulfide) groups is 1. The molecule has 0 spiro atoms. The van der Waals surface area contributed by atoms with Gasteiger partial charge in [0.2, 0.25) is 0 Å². The lowest BCUT2D eigenvalue weighted by atomic mass is 10.0. The summed E-state index contributed by atoms with van der Waals surface area (Å²) in [6, 6.07) is 17.2. The second kappa shape index (κ2) is 3.66. The molecular weight excluding hydrogens is 238 g/mol. The lowest BCUT2D eigenvalue weighted by Gasteiger charge is -2.21. The van der Waals surface area contributed by atoms with Crippen molar-refractivity contribution in [3.8, 4) is 11.3 Å². The Morgan fingerprint density at radius 1 is 1.00 bits per heavy atom. The van der Waals surface area contributed by atoms with E-state index in [2.05, 4.69) is 60.4 Å². The van der Waals surface area contributed by atoms with Crippen molar-refractivity contribution in [2.45, 2.75) is 17.1 Å². The smallest absolute Gasteiger partial charge is 0.0520 e. The Kier molecular flexibility index (Phi) is 2.09. The lowest BCUT2D eigenvalue weighted by molar-refractivity contribution is 1.09. The molecule has 0 fully saturated rings. The molecule has 1 aliphatic rings. The molecule has 1 nitrogen and oxygen atoms in total. The maximum absolute atomic E-state index is 3.59. The summed E-state index contributed by atoms with van der Waals surface area (Å²) in [5.41, 5.74) is 5.34. The van der Waals surface area contributed by atoms with Crippen LogP contribution in [0, 0.1) is 0 Å². The number of aromatic amines is 1.